The maximum absolute atomic E-state index is 11.2. The van der Waals surface area contributed by atoms with Gasteiger partial charge < -0.3 is 5.32 Å². The Morgan fingerprint density at radius 3 is 2.31 bits per heavy atom. The van der Waals surface area contributed by atoms with E-state index in [1.807, 2.05) is 0 Å². The highest BCUT2D eigenvalue weighted by molar-refractivity contribution is 7.90. The number of hydrogen-bond acceptors (Lipinski definition) is 3. The molecular weight excluding hydrogens is 212 g/mol. The van der Waals surface area contributed by atoms with E-state index in [2.05, 4.69) is 10.0 Å². The molecule has 1 aliphatic rings. The summed E-state index contributed by atoms with van der Waals surface area (Å²) in [7, 11) is -3.05. The first-order valence-corrected chi connectivity index (χ1v) is 5.76. The summed E-state index contributed by atoms with van der Waals surface area (Å²) in [5, 5.41) is 2.76. The van der Waals surface area contributed by atoms with Crippen molar-refractivity contribution in [3.05, 3.63) is 0 Å². The van der Waals surface area contributed by atoms with Gasteiger partial charge in [-0.2, -0.15) is 0 Å². The van der Waals surface area contributed by atoms with Crippen molar-refractivity contribution in [2.75, 3.05) is 19.6 Å². The minimum absolute atomic E-state index is 0. The summed E-state index contributed by atoms with van der Waals surface area (Å²) in [6.07, 6.45) is 0. The summed E-state index contributed by atoms with van der Waals surface area (Å²) in [6.45, 7) is 5.80. The van der Waals surface area contributed by atoms with Gasteiger partial charge in [0, 0.05) is 19.6 Å². The predicted molar refractivity (Wildman–Crippen MR) is 55.7 cm³/mol. The third-order valence-corrected chi connectivity index (χ3v) is 3.87. The molecule has 1 heterocycles. The normalized spacial score (nSPS) is 18.1. The number of rotatable bonds is 4. The second-order valence-corrected chi connectivity index (χ2v) is 5.79. The zero-order valence-corrected chi connectivity index (χ0v) is 9.54. The molecule has 1 rings (SSSR count). The zero-order chi connectivity index (χ0) is 9.19. The van der Waals surface area contributed by atoms with E-state index >= 15 is 0 Å². The first-order chi connectivity index (χ1) is 5.52. The van der Waals surface area contributed by atoms with E-state index < -0.39 is 10.0 Å². The summed E-state index contributed by atoms with van der Waals surface area (Å²) in [6, 6.07) is 0. The molecule has 0 saturated carbocycles. The Labute approximate surface area is 85.9 Å². The average molecular weight is 229 g/mol. The quantitative estimate of drug-likeness (QED) is 0.710. The molecule has 0 aromatic carbocycles. The molecule has 0 amide bonds. The van der Waals surface area contributed by atoms with Crippen LogP contribution >= 0.6 is 12.4 Å². The molecule has 0 spiro atoms. The van der Waals surface area contributed by atoms with Gasteiger partial charge in [-0.1, -0.05) is 0 Å². The summed E-state index contributed by atoms with van der Waals surface area (Å²) in [4.78, 5) is 0. The van der Waals surface area contributed by atoms with Crippen LogP contribution in [0.15, 0.2) is 0 Å². The van der Waals surface area contributed by atoms with Gasteiger partial charge in [-0.15, -0.1) is 12.4 Å². The number of halogens is 1. The molecule has 0 aromatic heterocycles. The summed E-state index contributed by atoms with van der Waals surface area (Å²) in [5.41, 5.74) is 0. The van der Waals surface area contributed by atoms with Gasteiger partial charge in [0.1, 0.15) is 0 Å². The molecule has 4 nitrogen and oxygen atoms in total. The summed E-state index contributed by atoms with van der Waals surface area (Å²) in [5.74, 6) is 0.485. The highest BCUT2D eigenvalue weighted by Crippen LogP contribution is 2.02. The first kappa shape index (κ1) is 13.2. The molecule has 1 fully saturated rings. The van der Waals surface area contributed by atoms with E-state index in [1.54, 1.807) is 13.8 Å². The van der Waals surface area contributed by atoms with E-state index in [0.717, 1.165) is 13.1 Å². The molecule has 1 saturated heterocycles. The highest BCUT2D eigenvalue weighted by Gasteiger charge is 2.21. The fraction of sp³-hybridized carbons (Fsp3) is 1.00. The lowest BCUT2D eigenvalue weighted by atomic mass is 10.1. The Bertz CT molecular complexity index is 237. The van der Waals surface area contributed by atoms with Gasteiger partial charge in [0.15, 0.2) is 0 Å². The molecule has 0 atom stereocenters. The van der Waals surface area contributed by atoms with Gasteiger partial charge in [-0.05, 0) is 19.8 Å². The van der Waals surface area contributed by atoms with Crippen molar-refractivity contribution in [2.45, 2.75) is 19.1 Å². The van der Waals surface area contributed by atoms with Gasteiger partial charge in [0.2, 0.25) is 10.0 Å². The smallest absolute Gasteiger partial charge is 0.213 e. The Morgan fingerprint density at radius 2 is 2.00 bits per heavy atom. The van der Waals surface area contributed by atoms with Crippen LogP contribution in [0.2, 0.25) is 0 Å². The third kappa shape index (κ3) is 3.81. The molecule has 0 radical (unpaired) electrons. The second-order valence-electron chi connectivity index (χ2n) is 3.47. The van der Waals surface area contributed by atoms with Gasteiger partial charge in [-0.3, -0.25) is 0 Å². The number of hydrogen-bond donors (Lipinski definition) is 2. The van der Waals surface area contributed by atoms with Crippen molar-refractivity contribution in [1.29, 1.82) is 0 Å². The Morgan fingerprint density at radius 1 is 1.46 bits per heavy atom. The van der Waals surface area contributed by atoms with Crippen molar-refractivity contribution >= 4 is 22.4 Å². The van der Waals surface area contributed by atoms with E-state index in [0.29, 0.717) is 12.5 Å². The lowest BCUT2D eigenvalue weighted by Crippen LogP contribution is -2.48. The lowest BCUT2D eigenvalue weighted by Gasteiger charge is -2.27. The fourth-order valence-corrected chi connectivity index (χ4v) is 1.69. The summed E-state index contributed by atoms with van der Waals surface area (Å²) < 4.78 is 25.1. The van der Waals surface area contributed by atoms with Gasteiger partial charge in [-0.25, -0.2) is 13.1 Å². The van der Waals surface area contributed by atoms with Gasteiger partial charge >= 0.3 is 0 Å². The minimum Gasteiger partial charge on any atom is -0.316 e. The van der Waals surface area contributed by atoms with E-state index in [-0.39, 0.29) is 17.7 Å². The number of sulfonamides is 1. The van der Waals surface area contributed by atoms with Crippen LogP contribution in [0.4, 0.5) is 0 Å². The fourth-order valence-electron chi connectivity index (χ4n) is 0.893. The molecule has 0 aliphatic carbocycles. The van der Waals surface area contributed by atoms with Crippen molar-refractivity contribution < 1.29 is 8.42 Å². The van der Waals surface area contributed by atoms with E-state index in [4.69, 9.17) is 0 Å². The van der Waals surface area contributed by atoms with Crippen LogP contribution in [0, 0.1) is 5.92 Å². The van der Waals surface area contributed by atoms with Crippen molar-refractivity contribution in [2.24, 2.45) is 5.92 Å². The molecule has 80 valence electrons. The SMILES string of the molecule is CC(C)S(=O)(=O)NCC1CNC1.Cl. The minimum atomic E-state index is -3.05. The predicted octanol–water partition coefficient (Wildman–Crippen LogP) is -0.0446. The van der Waals surface area contributed by atoms with Crippen LogP contribution < -0.4 is 10.0 Å². The van der Waals surface area contributed by atoms with Gasteiger partial charge in [0.25, 0.3) is 0 Å². The largest absolute Gasteiger partial charge is 0.316 e. The molecule has 0 unspecified atom stereocenters. The zero-order valence-electron chi connectivity index (χ0n) is 7.91. The van der Waals surface area contributed by atoms with E-state index in [1.165, 1.54) is 0 Å². The second kappa shape index (κ2) is 5.14. The Hall–Kier alpha value is 0.160. The Kier molecular flexibility index (Phi) is 5.21. The van der Waals surface area contributed by atoms with Crippen molar-refractivity contribution in [1.82, 2.24) is 10.0 Å². The standard InChI is InChI=1S/C7H16N2O2S.ClH/c1-6(2)12(10,11)9-5-7-3-8-4-7;/h6-9H,3-5H2,1-2H3;1H. The van der Waals surface area contributed by atoms with Crippen LogP contribution in [0.3, 0.4) is 0 Å². The van der Waals surface area contributed by atoms with Crippen LogP contribution in [0.5, 0.6) is 0 Å². The van der Waals surface area contributed by atoms with Crippen LogP contribution in [-0.4, -0.2) is 33.3 Å². The van der Waals surface area contributed by atoms with Crippen molar-refractivity contribution in [3.8, 4) is 0 Å². The summed E-state index contributed by atoms with van der Waals surface area (Å²) >= 11 is 0. The maximum Gasteiger partial charge on any atom is 0.213 e. The molecule has 0 bridgehead atoms. The lowest BCUT2D eigenvalue weighted by molar-refractivity contribution is 0.347. The molecule has 2 N–H and O–H groups in total. The van der Waals surface area contributed by atoms with E-state index in [9.17, 15) is 8.42 Å². The topological polar surface area (TPSA) is 58.2 Å². The molecule has 13 heavy (non-hydrogen) atoms. The van der Waals surface area contributed by atoms with Crippen LogP contribution in [0.1, 0.15) is 13.8 Å². The Balaban J connectivity index is 0.00000144. The molecular formula is C7H17ClN2O2S. The third-order valence-electron chi connectivity index (χ3n) is 2.06. The number of nitrogens with one attached hydrogen (secondary N) is 2. The maximum atomic E-state index is 11.2. The van der Waals surface area contributed by atoms with Crippen LogP contribution in [-0.2, 0) is 10.0 Å². The average Bonchev–Trinajstić information content (AvgIpc) is 1.83. The molecule has 0 aromatic rings. The monoisotopic (exact) mass is 228 g/mol. The molecule has 1 aliphatic heterocycles. The highest BCUT2D eigenvalue weighted by atomic mass is 35.5. The van der Waals surface area contributed by atoms with Gasteiger partial charge in [0.05, 0.1) is 5.25 Å². The first-order valence-electron chi connectivity index (χ1n) is 4.21. The molecule has 6 heteroatoms. The van der Waals surface area contributed by atoms with Crippen LogP contribution in [0.25, 0.3) is 0 Å². The van der Waals surface area contributed by atoms with Crippen molar-refractivity contribution in [3.63, 3.8) is 0 Å².